The van der Waals surface area contributed by atoms with Gasteiger partial charge in [0.25, 0.3) is 0 Å². The summed E-state index contributed by atoms with van der Waals surface area (Å²) in [6.07, 6.45) is -0.281. The van der Waals surface area contributed by atoms with Gasteiger partial charge in [0.2, 0.25) is 5.91 Å². The van der Waals surface area contributed by atoms with Crippen molar-refractivity contribution in [3.05, 3.63) is 29.3 Å². The van der Waals surface area contributed by atoms with Gasteiger partial charge in [-0.3, -0.25) is 9.59 Å². The summed E-state index contributed by atoms with van der Waals surface area (Å²) < 4.78 is 26.5. The first-order chi connectivity index (χ1) is 8.27. The highest BCUT2D eigenvalue weighted by atomic mass is 19.2. The van der Waals surface area contributed by atoms with E-state index in [-0.39, 0.29) is 17.7 Å². The molecule has 0 saturated carbocycles. The molecule has 0 radical (unpaired) electrons. The Bertz CT molecular complexity index is 558. The highest BCUT2D eigenvalue weighted by molar-refractivity contribution is 6.03. The van der Waals surface area contributed by atoms with Crippen LogP contribution < -0.4 is 4.90 Å². The molecule has 6 heteroatoms. The second-order valence-corrected chi connectivity index (χ2v) is 4.55. The van der Waals surface area contributed by atoms with Crippen molar-refractivity contribution in [2.75, 3.05) is 11.9 Å². The average Bonchev–Trinajstić information content (AvgIpc) is 2.29. The van der Waals surface area contributed by atoms with Crippen LogP contribution in [0.3, 0.4) is 0 Å². The number of nitrogens with zero attached hydrogens (tertiary/aromatic N) is 1. The molecule has 1 aliphatic heterocycles. The molecule has 0 saturated heterocycles. The maximum atomic E-state index is 13.3. The normalized spacial score (nSPS) is 22.9. The van der Waals surface area contributed by atoms with Crippen molar-refractivity contribution in [2.45, 2.75) is 18.8 Å². The molecular formula is C12H11F2NO3. The molecule has 2 rings (SSSR count). The number of fused-ring (bicyclic) bond motifs is 1. The van der Waals surface area contributed by atoms with Gasteiger partial charge in [0.1, 0.15) is 5.41 Å². The van der Waals surface area contributed by atoms with Crippen molar-refractivity contribution in [1.82, 2.24) is 0 Å². The number of carbonyl (C=O) groups excluding carboxylic acids is 1. The van der Waals surface area contributed by atoms with Gasteiger partial charge in [-0.15, -0.1) is 0 Å². The Morgan fingerprint density at radius 3 is 2.50 bits per heavy atom. The quantitative estimate of drug-likeness (QED) is 0.830. The summed E-state index contributed by atoms with van der Waals surface area (Å²) in [5.41, 5.74) is -1.33. The van der Waals surface area contributed by atoms with E-state index in [1.807, 2.05) is 0 Å². The van der Waals surface area contributed by atoms with Gasteiger partial charge in [0, 0.05) is 19.5 Å². The molecule has 1 N–H and O–H groups in total. The van der Waals surface area contributed by atoms with Crippen LogP contribution in [0.4, 0.5) is 14.5 Å². The highest BCUT2D eigenvalue weighted by Gasteiger charge is 2.45. The van der Waals surface area contributed by atoms with Gasteiger partial charge in [0.15, 0.2) is 11.6 Å². The number of benzene rings is 1. The maximum absolute atomic E-state index is 13.3. The Hall–Kier alpha value is -1.98. The number of carbonyl (C=O) groups is 2. The fourth-order valence-corrected chi connectivity index (χ4v) is 2.10. The lowest BCUT2D eigenvalue weighted by Gasteiger charge is -2.36. The Labute approximate surface area is 102 Å². The predicted octanol–water partition coefficient (Wildman–Crippen LogP) is 1.67. The molecule has 96 valence electrons. The molecule has 0 unspecified atom stereocenters. The van der Waals surface area contributed by atoms with Crippen LogP contribution in [0.1, 0.15) is 18.9 Å². The number of anilines is 1. The summed E-state index contributed by atoms with van der Waals surface area (Å²) in [4.78, 5) is 24.2. The number of amides is 1. The molecule has 1 heterocycles. The van der Waals surface area contributed by atoms with Crippen LogP contribution in [0.5, 0.6) is 0 Å². The van der Waals surface area contributed by atoms with E-state index in [1.165, 1.54) is 14.0 Å². The average molecular weight is 255 g/mol. The van der Waals surface area contributed by atoms with Crippen LogP contribution in [0.15, 0.2) is 12.1 Å². The van der Waals surface area contributed by atoms with E-state index in [0.717, 1.165) is 17.0 Å². The third-order valence-corrected chi connectivity index (χ3v) is 3.35. The minimum absolute atomic E-state index is 0.0926. The van der Waals surface area contributed by atoms with E-state index in [4.69, 9.17) is 0 Å². The SMILES string of the molecule is CN1C(=O)C[C@](C)(C(=O)O)c2cc(F)c(F)cc21. The number of carboxylic acid groups (broad SMARTS) is 1. The Kier molecular flexibility index (Phi) is 2.61. The molecule has 4 nitrogen and oxygen atoms in total. The zero-order chi connectivity index (χ0) is 13.7. The van der Waals surface area contributed by atoms with E-state index >= 15 is 0 Å². The van der Waals surface area contributed by atoms with Crippen LogP contribution in [0.2, 0.25) is 0 Å². The first-order valence-corrected chi connectivity index (χ1v) is 5.27. The number of aliphatic carboxylic acids is 1. The smallest absolute Gasteiger partial charge is 0.314 e. The number of carboxylic acids is 1. The van der Waals surface area contributed by atoms with Gasteiger partial charge in [-0.1, -0.05) is 0 Å². The second kappa shape index (κ2) is 3.76. The fraction of sp³-hybridized carbons (Fsp3) is 0.333. The summed E-state index contributed by atoms with van der Waals surface area (Å²) >= 11 is 0. The van der Waals surface area contributed by atoms with E-state index in [1.54, 1.807) is 0 Å². The molecule has 1 aromatic rings. The Morgan fingerprint density at radius 2 is 1.94 bits per heavy atom. The number of halogens is 2. The molecule has 0 fully saturated rings. The molecular weight excluding hydrogens is 244 g/mol. The maximum Gasteiger partial charge on any atom is 0.314 e. The first kappa shape index (κ1) is 12.5. The Balaban J connectivity index is 2.75. The second-order valence-electron chi connectivity index (χ2n) is 4.55. The zero-order valence-electron chi connectivity index (χ0n) is 9.83. The summed E-state index contributed by atoms with van der Waals surface area (Å²) in [6, 6.07) is 1.70. The van der Waals surface area contributed by atoms with Crippen molar-refractivity contribution in [3.63, 3.8) is 0 Å². The number of hydrogen-bond acceptors (Lipinski definition) is 2. The largest absolute Gasteiger partial charge is 0.481 e. The molecule has 18 heavy (non-hydrogen) atoms. The van der Waals surface area contributed by atoms with Crippen LogP contribution in [-0.2, 0) is 15.0 Å². The third-order valence-electron chi connectivity index (χ3n) is 3.35. The topological polar surface area (TPSA) is 57.6 Å². The van der Waals surface area contributed by atoms with E-state index in [2.05, 4.69) is 0 Å². The molecule has 1 amide bonds. The highest BCUT2D eigenvalue weighted by Crippen LogP contribution is 2.41. The fourth-order valence-electron chi connectivity index (χ4n) is 2.10. The van der Waals surface area contributed by atoms with Gasteiger partial charge < -0.3 is 10.0 Å². The molecule has 0 bridgehead atoms. The molecule has 0 aromatic heterocycles. The number of rotatable bonds is 1. The van der Waals surface area contributed by atoms with Crippen LogP contribution >= 0.6 is 0 Å². The van der Waals surface area contributed by atoms with Crippen molar-refractivity contribution in [3.8, 4) is 0 Å². The zero-order valence-corrected chi connectivity index (χ0v) is 9.83. The van der Waals surface area contributed by atoms with E-state index in [9.17, 15) is 23.5 Å². The Morgan fingerprint density at radius 1 is 1.39 bits per heavy atom. The van der Waals surface area contributed by atoms with Gasteiger partial charge in [-0.25, -0.2) is 8.78 Å². The van der Waals surface area contributed by atoms with Gasteiger partial charge in [0.05, 0.1) is 5.69 Å². The summed E-state index contributed by atoms with van der Waals surface area (Å²) in [5, 5.41) is 9.22. The lowest BCUT2D eigenvalue weighted by Crippen LogP contribution is -2.45. The molecule has 1 aliphatic rings. The lowest BCUT2D eigenvalue weighted by molar-refractivity contribution is -0.145. The summed E-state index contributed by atoms with van der Waals surface area (Å²) in [7, 11) is 1.40. The van der Waals surface area contributed by atoms with Crippen LogP contribution in [0, 0.1) is 11.6 Å². The molecule has 1 aromatic carbocycles. The minimum atomic E-state index is -1.53. The van der Waals surface area contributed by atoms with Crippen LogP contribution in [-0.4, -0.2) is 24.0 Å². The predicted molar refractivity (Wildman–Crippen MR) is 59.4 cm³/mol. The van der Waals surface area contributed by atoms with Gasteiger partial charge in [-0.2, -0.15) is 0 Å². The summed E-state index contributed by atoms with van der Waals surface area (Å²) in [6.45, 7) is 1.33. The molecule has 0 spiro atoms. The standard InChI is InChI=1S/C12H11F2NO3/c1-12(11(17)18)5-10(16)15(2)9-4-8(14)7(13)3-6(9)12/h3-4H,5H2,1-2H3,(H,17,18)/t12-/m0/s1. The van der Waals surface area contributed by atoms with E-state index < -0.39 is 28.9 Å². The minimum Gasteiger partial charge on any atom is -0.481 e. The number of hydrogen-bond donors (Lipinski definition) is 1. The van der Waals surface area contributed by atoms with E-state index in [0.29, 0.717) is 0 Å². The first-order valence-electron chi connectivity index (χ1n) is 5.27. The van der Waals surface area contributed by atoms with Gasteiger partial charge >= 0.3 is 5.97 Å². The third kappa shape index (κ3) is 1.56. The van der Waals surface area contributed by atoms with Crippen LogP contribution in [0.25, 0.3) is 0 Å². The van der Waals surface area contributed by atoms with Crippen molar-refractivity contribution in [1.29, 1.82) is 0 Å². The lowest BCUT2D eigenvalue weighted by atomic mass is 9.75. The molecule has 1 atom stereocenters. The van der Waals surface area contributed by atoms with Gasteiger partial charge in [-0.05, 0) is 18.6 Å². The summed E-state index contributed by atoms with van der Waals surface area (Å²) in [5.74, 6) is -3.92. The van der Waals surface area contributed by atoms with Crippen molar-refractivity contribution < 1.29 is 23.5 Å². The monoisotopic (exact) mass is 255 g/mol. The van der Waals surface area contributed by atoms with Crippen molar-refractivity contribution >= 4 is 17.6 Å². The van der Waals surface area contributed by atoms with Crippen molar-refractivity contribution in [2.24, 2.45) is 0 Å². The molecule has 0 aliphatic carbocycles.